The molecule has 2 atom stereocenters. The highest BCUT2D eigenvalue weighted by atomic mass is 19.4. The zero-order valence-electron chi connectivity index (χ0n) is 12.3. The molecular weight excluding hydrogens is 313 g/mol. The number of rotatable bonds is 4. The Morgan fingerprint density at radius 2 is 1.96 bits per heavy atom. The molecule has 1 aliphatic heterocycles. The molecule has 1 aliphatic rings. The number of amides is 2. The Morgan fingerprint density at radius 1 is 1.30 bits per heavy atom. The lowest BCUT2D eigenvalue weighted by Gasteiger charge is -2.32. The number of morpholine rings is 1. The molecule has 8 heteroatoms. The zero-order valence-corrected chi connectivity index (χ0v) is 12.3. The highest BCUT2D eigenvalue weighted by Crippen LogP contribution is 2.37. The fourth-order valence-corrected chi connectivity index (χ4v) is 2.46. The Labute approximate surface area is 131 Å². The fourth-order valence-electron chi connectivity index (χ4n) is 2.46. The van der Waals surface area contributed by atoms with Gasteiger partial charge in [-0.1, -0.05) is 30.3 Å². The van der Waals surface area contributed by atoms with E-state index in [4.69, 9.17) is 10.5 Å². The van der Waals surface area contributed by atoms with Crippen molar-refractivity contribution < 1.29 is 27.5 Å². The first-order chi connectivity index (χ1) is 10.8. The maximum Gasteiger partial charge on any atom is 0.396 e. The number of nitrogens with zero attached hydrogens (tertiary/aromatic N) is 1. The van der Waals surface area contributed by atoms with Gasteiger partial charge in [0.25, 0.3) is 0 Å². The predicted molar refractivity (Wildman–Crippen MR) is 75.4 cm³/mol. The van der Waals surface area contributed by atoms with Gasteiger partial charge in [-0.2, -0.15) is 13.2 Å². The number of benzene rings is 1. The minimum Gasteiger partial charge on any atom is -0.367 e. The van der Waals surface area contributed by atoms with Crippen LogP contribution >= 0.6 is 0 Å². The Bertz CT molecular complexity index is 563. The summed E-state index contributed by atoms with van der Waals surface area (Å²) in [6.45, 7) is 0.0941. The SMILES string of the molecule is NC(=O)[C@H]1CN(C(=O)C[C@H](c2ccccc2)C(F)(F)F)CCO1. The van der Waals surface area contributed by atoms with Crippen LogP contribution in [0.25, 0.3) is 0 Å². The van der Waals surface area contributed by atoms with Gasteiger partial charge >= 0.3 is 6.18 Å². The van der Waals surface area contributed by atoms with E-state index in [2.05, 4.69) is 0 Å². The molecule has 1 aromatic rings. The smallest absolute Gasteiger partial charge is 0.367 e. The van der Waals surface area contributed by atoms with Crippen molar-refractivity contribution in [1.29, 1.82) is 0 Å². The first-order valence-electron chi connectivity index (χ1n) is 7.09. The first-order valence-corrected chi connectivity index (χ1v) is 7.09. The maximum atomic E-state index is 13.3. The van der Waals surface area contributed by atoms with Crippen molar-refractivity contribution in [1.82, 2.24) is 4.90 Å². The summed E-state index contributed by atoms with van der Waals surface area (Å²) in [5.74, 6) is -3.30. The normalized spacial score (nSPS) is 20.1. The number of carbonyl (C=O) groups excluding carboxylic acids is 2. The Morgan fingerprint density at radius 3 is 2.52 bits per heavy atom. The molecule has 23 heavy (non-hydrogen) atoms. The second-order valence-corrected chi connectivity index (χ2v) is 5.31. The molecule has 1 heterocycles. The van der Waals surface area contributed by atoms with Crippen molar-refractivity contribution in [3.63, 3.8) is 0 Å². The summed E-state index contributed by atoms with van der Waals surface area (Å²) >= 11 is 0. The monoisotopic (exact) mass is 330 g/mol. The lowest BCUT2D eigenvalue weighted by Crippen LogP contribution is -2.50. The van der Waals surface area contributed by atoms with E-state index >= 15 is 0 Å². The Balaban J connectivity index is 2.10. The van der Waals surface area contributed by atoms with E-state index in [0.29, 0.717) is 0 Å². The lowest BCUT2D eigenvalue weighted by molar-refractivity contribution is -0.164. The van der Waals surface area contributed by atoms with Crippen molar-refractivity contribution in [2.75, 3.05) is 19.7 Å². The Hall–Kier alpha value is -2.09. The van der Waals surface area contributed by atoms with Crippen LogP contribution in [-0.4, -0.2) is 48.7 Å². The maximum absolute atomic E-state index is 13.3. The minimum atomic E-state index is -4.54. The van der Waals surface area contributed by atoms with Crippen LogP contribution in [0.5, 0.6) is 0 Å². The predicted octanol–water partition coefficient (Wildman–Crippen LogP) is 1.44. The van der Waals surface area contributed by atoms with Gasteiger partial charge in [0.2, 0.25) is 11.8 Å². The second kappa shape index (κ2) is 6.99. The van der Waals surface area contributed by atoms with E-state index in [1.165, 1.54) is 29.2 Å². The lowest BCUT2D eigenvalue weighted by atomic mass is 9.94. The number of carbonyl (C=O) groups is 2. The number of halogens is 3. The molecule has 0 unspecified atom stereocenters. The zero-order chi connectivity index (χ0) is 17.0. The summed E-state index contributed by atoms with van der Waals surface area (Å²) in [6, 6.07) is 7.29. The fraction of sp³-hybridized carbons (Fsp3) is 0.467. The molecule has 2 amide bonds. The molecule has 1 aromatic carbocycles. The summed E-state index contributed by atoms with van der Waals surface area (Å²) < 4.78 is 44.9. The van der Waals surface area contributed by atoms with E-state index in [1.807, 2.05) is 0 Å². The van der Waals surface area contributed by atoms with Crippen LogP contribution in [0.2, 0.25) is 0 Å². The van der Waals surface area contributed by atoms with Gasteiger partial charge in [0.05, 0.1) is 19.1 Å². The molecule has 0 spiro atoms. The van der Waals surface area contributed by atoms with Crippen LogP contribution in [0.3, 0.4) is 0 Å². The van der Waals surface area contributed by atoms with E-state index < -0.39 is 36.4 Å². The van der Waals surface area contributed by atoms with Gasteiger partial charge in [-0.3, -0.25) is 9.59 Å². The van der Waals surface area contributed by atoms with E-state index in [1.54, 1.807) is 6.07 Å². The van der Waals surface area contributed by atoms with Crippen LogP contribution in [0.15, 0.2) is 30.3 Å². The van der Waals surface area contributed by atoms with Crippen molar-refractivity contribution in [3.8, 4) is 0 Å². The number of ether oxygens (including phenoxy) is 1. The van der Waals surface area contributed by atoms with Gasteiger partial charge in [-0.05, 0) is 5.56 Å². The van der Waals surface area contributed by atoms with Crippen molar-refractivity contribution >= 4 is 11.8 Å². The quantitative estimate of drug-likeness (QED) is 0.908. The summed E-state index contributed by atoms with van der Waals surface area (Å²) in [5.41, 5.74) is 5.14. The third kappa shape index (κ3) is 4.44. The largest absolute Gasteiger partial charge is 0.396 e. The minimum absolute atomic E-state index is 0.0352. The van der Waals surface area contributed by atoms with Crippen molar-refractivity contribution in [2.45, 2.75) is 24.6 Å². The van der Waals surface area contributed by atoms with E-state index in [9.17, 15) is 22.8 Å². The number of primary amides is 1. The van der Waals surface area contributed by atoms with Crippen LogP contribution in [0.4, 0.5) is 13.2 Å². The van der Waals surface area contributed by atoms with Crippen LogP contribution in [-0.2, 0) is 14.3 Å². The summed E-state index contributed by atoms with van der Waals surface area (Å²) in [6.07, 6.45) is -6.22. The molecule has 0 aliphatic carbocycles. The van der Waals surface area contributed by atoms with Crippen molar-refractivity contribution in [3.05, 3.63) is 35.9 Å². The third-order valence-electron chi connectivity index (χ3n) is 3.71. The molecule has 0 aromatic heterocycles. The highest BCUT2D eigenvalue weighted by molar-refractivity contribution is 5.82. The van der Waals surface area contributed by atoms with Gasteiger partial charge in [0.15, 0.2) is 6.10 Å². The second-order valence-electron chi connectivity index (χ2n) is 5.31. The Kier molecular flexibility index (Phi) is 5.25. The molecule has 1 saturated heterocycles. The molecule has 0 radical (unpaired) electrons. The van der Waals surface area contributed by atoms with Gasteiger partial charge in [-0.25, -0.2) is 0 Å². The molecule has 0 saturated carbocycles. The summed E-state index contributed by atoms with van der Waals surface area (Å²) in [4.78, 5) is 24.5. The summed E-state index contributed by atoms with van der Waals surface area (Å²) in [5, 5.41) is 0. The number of hydrogen-bond acceptors (Lipinski definition) is 3. The van der Waals surface area contributed by atoms with Gasteiger partial charge in [-0.15, -0.1) is 0 Å². The number of hydrogen-bond donors (Lipinski definition) is 1. The molecule has 1 fully saturated rings. The standard InChI is InChI=1S/C15H17F3N2O3/c16-15(17,18)11(10-4-2-1-3-5-10)8-13(21)20-6-7-23-12(9-20)14(19)22/h1-5,11-12H,6-9H2,(H2,19,22)/t11-,12-/m1/s1. The van der Waals surface area contributed by atoms with Crippen LogP contribution < -0.4 is 5.73 Å². The van der Waals surface area contributed by atoms with Crippen LogP contribution in [0.1, 0.15) is 17.9 Å². The van der Waals surface area contributed by atoms with E-state index in [-0.39, 0.29) is 25.3 Å². The van der Waals surface area contributed by atoms with Crippen LogP contribution in [0, 0.1) is 0 Å². The highest BCUT2D eigenvalue weighted by Gasteiger charge is 2.43. The molecule has 2 rings (SSSR count). The molecule has 2 N–H and O–H groups in total. The van der Waals surface area contributed by atoms with E-state index in [0.717, 1.165) is 0 Å². The molecule has 126 valence electrons. The first kappa shape index (κ1) is 17.3. The molecular formula is C15H17F3N2O3. The summed E-state index contributed by atoms with van der Waals surface area (Å²) in [7, 11) is 0. The number of nitrogens with two attached hydrogens (primary N) is 1. The average molecular weight is 330 g/mol. The molecule has 5 nitrogen and oxygen atoms in total. The molecule has 0 bridgehead atoms. The average Bonchev–Trinajstić information content (AvgIpc) is 2.52. The van der Waals surface area contributed by atoms with Crippen molar-refractivity contribution in [2.24, 2.45) is 5.73 Å². The number of alkyl halides is 3. The van der Waals surface area contributed by atoms with Gasteiger partial charge < -0.3 is 15.4 Å². The topological polar surface area (TPSA) is 72.6 Å². The third-order valence-corrected chi connectivity index (χ3v) is 3.71. The van der Waals surface area contributed by atoms with Gasteiger partial charge in [0.1, 0.15) is 0 Å². The van der Waals surface area contributed by atoms with Gasteiger partial charge in [0, 0.05) is 13.0 Å².